The van der Waals surface area contributed by atoms with E-state index in [-0.39, 0.29) is 0 Å². The van der Waals surface area contributed by atoms with Gasteiger partial charge >= 0.3 is 5.97 Å². The molecule has 1 unspecified atom stereocenters. The third-order valence-electron chi connectivity index (χ3n) is 5.06. The van der Waals surface area contributed by atoms with Crippen LogP contribution in [0.5, 0.6) is 5.75 Å². The lowest BCUT2D eigenvalue weighted by Gasteiger charge is -2.16. The Balaban J connectivity index is 1.60. The zero-order valence-electron chi connectivity index (χ0n) is 18.8. The van der Waals surface area contributed by atoms with Gasteiger partial charge in [-0.05, 0) is 50.4 Å². The fourth-order valence-electron chi connectivity index (χ4n) is 3.52. The molecule has 0 spiro atoms. The third-order valence-corrected chi connectivity index (χ3v) is 5.95. The summed E-state index contributed by atoms with van der Waals surface area (Å²) < 4.78 is 12.7. The number of carbonyl (C=O) groups excluding carboxylic acids is 2. The van der Waals surface area contributed by atoms with E-state index in [9.17, 15) is 9.59 Å². The molecule has 3 heterocycles. The Morgan fingerprint density at radius 2 is 2.00 bits per heavy atom. The van der Waals surface area contributed by atoms with E-state index in [0.29, 0.717) is 46.0 Å². The highest BCUT2D eigenvalue weighted by Gasteiger charge is 2.25. The van der Waals surface area contributed by atoms with Crippen molar-refractivity contribution in [1.29, 1.82) is 0 Å². The normalized spacial score (nSPS) is 11.9. The highest BCUT2D eigenvalue weighted by Crippen LogP contribution is 2.30. The maximum atomic E-state index is 13.2. The molecule has 0 aliphatic heterocycles. The average Bonchev–Trinajstić information content (AvgIpc) is 3.43. The Hall–Kier alpha value is -3.72. The van der Waals surface area contributed by atoms with Crippen molar-refractivity contribution in [1.82, 2.24) is 14.8 Å². The van der Waals surface area contributed by atoms with Gasteiger partial charge in [-0.15, -0.1) is 11.3 Å². The first-order valence-corrected chi connectivity index (χ1v) is 11.4. The van der Waals surface area contributed by atoms with E-state index in [4.69, 9.17) is 9.47 Å². The summed E-state index contributed by atoms with van der Waals surface area (Å²) in [6.07, 6.45) is -1.03. The van der Waals surface area contributed by atoms with Crippen LogP contribution in [0.15, 0.2) is 47.8 Å². The lowest BCUT2D eigenvalue weighted by Crippen LogP contribution is -2.30. The number of para-hydroxylation sites is 2. The van der Waals surface area contributed by atoms with Crippen molar-refractivity contribution in [2.45, 2.75) is 26.9 Å². The Labute approximate surface area is 195 Å². The molecule has 33 heavy (non-hydrogen) atoms. The minimum Gasteiger partial charge on any atom is -0.492 e. The van der Waals surface area contributed by atoms with Crippen molar-refractivity contribution in [2.75, 3.05) is 11.9 Å². The summed E-state index contributed by atoms with van der Waals surface area (Å²) in [5, 5.41) is 9.73. The first-order valence-electron chi connectivity index (χ1n) is 10.5. The Morgan fingerprint density at radius 3 is 2.73 bits per heavy atom. The molecule has 1 aromatic carbocycles. The molecule has 0 fully saturated rings. The van der Waals surface area contributed by atoms with Gasteiger partial charge in [0.15, 0.2) is 11.8 Å². The predicted octanol–water partition coefficient (Wildman–Crippen LogP) is 4.59. The summed E-state index contributed by atoms with van der Waals surface area (Å²) in [7, 11) is 1.78. The van der Waals surface area contributed by atoms with E-state index in [1.807, 2.05) is 37.4 Å². The number of thiophene rings is 1. The SMILES string of the molecule is CCOc1ccccc1NC(=O)C(C)OC(=O)c1cc(-c2cccs2)nc2c1c(C)nn2C. The smallest absolute Gasteiger partial charge is 0.339 e. The molecule has 0 aliphatic carbocycles. The van der Waals surface area contributed by atoms with E-state index in [2.05, 4.69) is 15.4 Å². The van der Waals surface area contributed by atoms with Gasteiger partial charge in [0, 0.05) is 7.05 Å². The van der Waals surface area contributed by atoms with Crippen molar-refractivity contribution in [3.8, 4) is 16.3 Å². The van der Waals surface area contributed by atoms with Crippen molar-refractivity contribution in [3.05, 3.63) is 59.1 Å². The molecule has 0 aliphatic rings. The number of aryl methyl sites for hydroxylation is 2. The van der Waals surface area contributed by atoms with Gasteiger partial charge in [0.1, 0.15) is 5.75 Å². The van der Waals surface area contributed by atoms with Gasteiger partial charge in [-0.25, -0.2) is 9.78 Å². The van der Waals surface area contributed by atoms with E-state index in [1.165, 1.54) is 18.3 Å². The number of nitrogens with one attached hydrogen (secondary N) is 1. The van der Waals surface area contributed by atoms with Crippen LogP contribution < -0.4 is 10.1 Å². The number of benzene rings is 1. The van der Waals surface area contributed by atoms with E-state index >= 15 is 0 Å². The van der Waals surface area contributed by atoms with E-state index in [1.54, 1.807) is 36.0 Å². The first-order chi connectivity index (χ1) is 15.9. The average molecular weight is 465 g/mol. The molecule has 0 bridgehead atoms. The summed E-state index contributed by atoms with van der Waals surface area (Å²) in [6, 6.07) is 12.7. The number of hydrogen-bond acceptors (Lipinski definition) is 7. The monoisotopic (exact) mass is 464 g/mol. The summed E-state index contributed by atoms with van der Waals surface area (Å²) in [6.45, 7) is 5.67. The molecule has 170 valence electrons. The molecule has 1 N–H and O–H groups in total. The standard InChI is InChI=1S/C24H24N4O4S/c1-5-31-19-10-7-6-9-17(19)26-23(29)15(3)32-24(30)16-13-18(20-11-8-12-33-20)25-22-21(16)14(2)27-28(22)4/h6-13,15H,5H2,1-4H3,(H,26,29). The Morgan fingerprint density at radius 1 is 1.21 bits per heavy atom. The molecule has 9 heteroatoms. The number of amides is 1. The lowest BCUT2D eigenvalue weighted by atomic mass is 10.1. The molecule has 8 nitrogen and oxygen atoms in total. The van der Waals surface area contributed by atoms with Gasteiger partial charge < -0.3 is 14.8 Å². The highest BCUT2D eigenvalue weighted by atomic mass is 32.1. The number of pyridine rings is 1. The summed E-state index contributed by atoms with van der Waals surface area (Å²) in [5.41, 5.74) is 2.72. The second kappa shape index (κ2) is 9.41. The molecule has 1 atom stereocenters. The number of esters is 1. The van der Waals surface area contributed by atoms with Crippen molar-refractivity contribution in [3.63, 3.8) is 0 Å². The van der Waals surface area contributed by atoms with Gasteiger partial charge in [0.2, 0.25) is 0 Å². The van der Waals surface area contributed by atoms with Crippen LogP contribution >= 0.6 is 11.3 Å². The minimum absolute atomic E-state index is 0.323. The number of nitrogens with zero attached hydrogens (tertiary/aromatic N) is 3. The Bertz CT molecular complexity index is 1310. The van der Waals surface area contributed by atoms with Crippen molar-refractivity contribution in [2.24, 2.45) is 7.05 Å². The van der Waals surface area contributed by atoms with Crippen LogP contribution in [0.4, 0.5) is 5.69 Å². The number of hydrogen-bond donors (Lipinski definition) is 1. The minimum atomic E-state index is -1.03. The van der Waals surface area contributed by atoms with Crippen LogP contribution in [-0.2, 0) is 16.6 Å². The van der Waals surface area contributed by atoms with Crippen molar-refractivity contribution < 1.29 is 19.1 Å². The van der Waals surface area contributed by atoms with Crippen LogP contribution in [0.1, 0.15) is 29.9 Å². The molecule has 4 rings (SSSR count). The molecule has 0 radical (unpaired) electrons. The number of rotatable bonds is 7. The third kappa shape index (κ3) is 4.58. The zero-order chi connectivity index (χ0) is 23.5. The van der Waals surface area contributed by atoms with Gasteiger partial charge in [-0.3, -0.25) is 9.48 Å². The van der Waals surface area contributed by atoms with Crippen molar-refractivity contribution >= 4 is 39.9 Å². The first kappa shape index (κ1) is 22.5. The van der Waals surface area contributed by atoms with E-state index in [0.717, 1.165) is 4.88 Å². The van der Waals surface area contributed by atoms with Gasteiger partial charge in [-0.1, -0.05) is 18.2 Å². The topological polar surface area (TPSA) is 95.3 Å². The molecular weight excluding hydrogens is 440 g/mol. The molecule has 3 aromatic heterocycles. The number of ether oxygens (including phenoxy) is 2. The number of carbonyl (C=O) groups is 2. The number of fused-ring (bicyclic) bond motifs is 1. The zero-order valence-corrected chi connectivity index (χ0v) is 19.6. The largest absolute Gasteiger partial charge is 0.492 e. The van der Waals surface area contributed by atoms with Gasteiger partial charge in [-0.2, -0.15) is 5.10 Å². The Kier molecular flexibility index (Phi) is 6.41. The summed E-state index contributed by atoms with van der Waals surface area (Å²) in [5.74, 6) is -0.520. The number of aromatic nitrogens is 3. The second-order valence-electron chi connectivity index (χ2n) is 7.41. The molecule has 0 saturated carbocycles. The maximum Gasteiger partial charge on any atom is 0.339 e. The lowest BCUT2D eigenvalue weighted by molar-refractivity contribution is -0.123. The molecular formula is C24H24N4O4S. The van der Waals surface area contributed by atoms with E-state index < -0.39 is 18.0 Å². The van der Waals surface area contributed by atoms with Gasteiger partial charge in [0.25, 0.3) is 5.91 Å². The quantitative estimate of drug-likeness (QED) is 0.402. The fraction of sp³-hybridized carbons (Fsp3) is 0.250. The molecule has 4 aromatic rings. The van der Waals surface area contributed by atoms with Crippen LogP contribution in [0.3, 0.4) is 0 Å². The maximum absolute atomic E-state index is 13.2. The van der Waals surface area contributed by atoms with Crippen LogP contribution in [0.25, 0.3) is 21.6 Å². The van der Waals surface area contributed by atoms with Crippen LogP contribution in [-0.4, -0.2) is 39.4 Å². The van der Waals surface area contributed by atoms with Crippen LogP contribution in [0.2, 0.25) is 0 Å². The number of anilines is 1. The van der Waals surface area contributed by atoms with Gasteiger partial charge in [0.05, 0.1) is 39.5 Å². The van der Waals surface area contributed by atoms with Crippen LogP contribution in [0, 0.1) is 6.92 Å². The summed E-state index contributed by atoms with van der Waals surface area (Å²) in [4.78, 5) is 31.6. The predicted molar refractivity (Wildman–Crippen MR) is 128 cm³/mol. The highest BCUT2D eigenvalue weighted by molar-refractivity contribution is 7.13. The second-order valence-corrected chi connectivity index (χ2v) is 8.35. The molecule has 1 amide bonds. The summed E-state index contributed by atoms with van der Waals surface area (Å²) >= 11 is 1.52. The molecule has 0 saturated heterocycles. The fourth-order valence-corrected chi connectivity index (χ4v) is 4.21.